The largest absolute Gasteiger partial charge is 0.478 e. The molecule has 0 radical (unpaired) electrons. The van der Waals surface area contributed by atoms with Gasteiger partial charge in [0.25, 0.3) is 0 Å². The maximum Gasteiger partial charge on any atom is 0.335 e. The number of aromatic carboxylic acids is 1. The SMILES string of the molecule is NNc1ncnc2c1cnn2-c1cccc(C(=O)O)c1. The average molecular weight is 270 g/mol. The maximum atomic E-state index is 11.0. The van der Waals surface area contributed by atoms with Crippen LogP contribution in [0.1, 0.15) is 10.4 Å². The average Bonchev–Trinajstić information content (AvgIpc) is 2.91. The number of aromatic nitrogens is 4. The number of benzene rings is 1. The highest BCUT2D eigenvalue weighted by atomic mass is 16.4. The fourth-order valence-electron chi connectivity index (χ4n) is 1.92. The summed E-state index contributed by atoms with van der Waals surface area (Å²) in [6.07, 6.45) is 2.93. The molecule has 0 atom stereocenters. The molecule has 2 heterocycles. The van der Waals surface area contributed by atoms with E-state index in [0.717, 1.165) is 0 Å². The standard InChI is InChI=1S/C12H10N6O2/c13-17-10-9-5-16-18(11(9)15-6-14-10)8-3-1-2-7(4-8)12(19)20/h1-6H,13H2,(H,19,20)(H,14,15,17). The van der Waals surface area contributed by atoms with Gasteiger partial charge in [0.05, 0.1) is 22.8 Å². The molecule has 3 rings (SSSR count). The number of nitrogens with zero attached hydrogens (tertiary/aromatic N) is 4. The molecule has 3 aromatic rings. The van der Waals surface area contributed by atoms with Gasteiger partial charge in [-0.1, -0.05) is 6.07 Å². The van der Waals surface area contributed by atoms with Crippen LogP contribution < -0.4 is 11.3 Å². The highest BCUT2D eigenvalue weighted by Crippen LogP contribution is 2.21. The number of carboxylic acid groups (broad SMARTS) is 1. The minimum atomic E-state index is -0.998. The van der Waals surface area contributed by atoms with Crippen molar-refractivity contribution in [1.29, 1.82) is 0 Å². The van der Waals surface area contributed by atoms with Gasteiger partial charge >= 0.3 is 5.97 Å². The zero-order chi connectivity index (χ0) is 14.1. The molecule has 20 heavy (non-hydrogen) atoms. The van der Waals surface area contributed by atoms with E-state index in [1.807, 2.05) is 0 Å². The maximum absolute atomic E-state index is 11.0. The highest BCUT2D eigenvalue weighted by Gasteiger charge is 2.11. The Hall–Kier alpha value is -3.00. The van der Waals surface area contributed by atoms with Crippen LogP contribution in [0.3, 0.4) is 0 Å². The van der Waals surface area contributed by atoms with Gasteiger partial charge in [-0.2, -0.15) is 5.10 Å². The molecule has 0 fully saturated rings. The van der Waals surface area contributed by atoms with Crippen LogP contribution in [-0.2, 0) is 0 Å². The third-order valence-corrected chi connectivity index (χ3v) is 2.84. The van der Waals surface area contributed by atoms with E-state index in [1.54, 1.807) is 18.3 Å². The van der Waals surface area contributed by atoms with Crippen molar-refractivity contribution < 1.29 is 9.90 Å². The third-order valence-electron chi connectivity index (χ3n) is 2.84. The number of rotatable bonds is 3. The second-order valence-electron chi connectivity index (χ2n) is 4.02. The number of anilines is 1. The predicted octanol–water partition coefficient (Wildman–Crippen LogP) is 0.799. The number of nitrogen functional groups attached to an aromatic ring is 1. The van der Waals surface area contributed by atoms with Crippen molar-refractivity contribution in [3.8, 4) is 5.69 Å². The van der Waals surface area contributed by atoms with Crippen LogP contribution in [0.25, 0.3) is 16.7 Å². The molecule has 0 bridgehead atoms. The van der Waals surface area contributed by atoms with Gasteiger partial charge in [-0.15, -0.1) is 0 Å². The summed E-state index contributed by atoms with van der Waals surface area (Å²) in [7, 11) is 0. The van der Waals surface area contributed by atoms with E-state index in [-0.39, 0.29) is 5.56 Å². The summed E-state index contributed by atoms with van der Waals surface area (Å²) in [6.45, 7) is 0. The van der Waals surface area contributed by atoms with Gasteiger partial charge in [-0.05, 0) is 18.2 Å². The van der Waals surface area contributed by atoms with Crippen LogP contribution in [0.5, 0.6) is 0 Å². The second kappa shape index (κ2) is 4.59. The van der Waals surface area contributed by atoms with E-state index in [0.29, 0.717) is 22.5 Å². The summed E-state index contributed by atoms with van der Waals surface area (Å²) >= 11 is 0. The monoisotopic (exact) mass is 270 g/mol. The topological polar surface area (TPSA) is 119 Å². The molecule has 2 aromatic heterocycles. The van der Waals surface area contributed by atoms with Crippen LogP contribution >= 0.6 is 0 Å². The molecule has 0 aliphatic rings. The van der Waals surface area contributed by atoms with Gasteiger partial charge in [-0.3, -0.25) is 0 Å². The van der Waals surface area contributed by atoms with Crippen LogP contribution in [-0.4, -0.2) is 30.8 Å². The second-order valence-corrected chi connectivity index (χ2v) is 4.02. The van der Waals surface area contributed by atoms with Crippen molar-refractivity contribution in [3.05, 3.63) is 42.4 Å². The number of hydrazine groups is 1. The van der Waals surface area contributed by atoms with Gasteiger partial charge in [0, 0.05) is 0 Å². The molecule has 0 aliphatic carbocycles. The van der Waals surface area contributed by atoms with Crippen LogP contribution in [0.2, 0.25) is 0 Å². The Labute approximate surface area is 112 Å². The van der Waals surface area contributed by atoms with Crippen LogP contribution in [0.4, 0.5) is 5.82 Å². The molecular formula is C12H10N6O2. The predicted molar refractivity (Wildman–Crippen MR) is 71.4 cm³/mol. The Morgan fingerprint density at radius 2 is 2.20 bits per heavy atom. The first-order valence-electron chi connectivity index (χ1n) is 5.70. The first-order chi connectivity index (χ1) is 9.70. The molecule has 0 saturated carbocycles. The fourth-order valence-corrected chi connectivity index (χ4v) is 1.92. The lowest BCUT2D eigenvalue weighted by molar-refractivity contribution is 0.0697. The third kappa shape index (κ3) is 1.84. The van der Waals surface area contributed by atoms with Crippen molar-refractivity contribution in [2.75, 3.05) is 5.43 Å². The highest BCUT2D eigenvalue weighted by molar-refractivity contribution is 5.89. The lowest BCUT2D eigenvalue weighted by Gasteiger charge is -2.04. The minimum Gasteiger partial charge on any atom is -0.478 e. The lowest BCUT2D eigenvalue weighted by Crippen LogP contribution is -2.09. The zero-order valence-electron chi connectivity index (χ0n) is 10.2. The van der Waals surface area contributed by atoms with Crippen molar-refractivity contribution in [1.82, 2.24) is 19.7 Å². The molecule has 1 aromatic carbocycles. The Kier molecular flexibility index (Phi) is 2.77. The summed E-state index contributed by atoms with van der Waals surface area (Å²) in [5.74, 6) is 4.83. The number of nitrogens with one attached hydrogen (secondary N) is 1. The smallest absolute Gasteiger partial charge is 0.335 e. The molecule has 8 heteroatoms. The molecule has 0 saturated heterocycles. The first kappa shape index (κ1) is 12.1. The lowest BCUT2D eigenvalue weighted by atomic mass is 10.2. The summed E-state index contributed by atoms with van der Waals surface area (Å²) in [6, 6.07) is 6.43. The van der Waals surface area contributed by atoms with Crippen molar-refractivity contribution >= 4 is 22.8 Å². The number of hydrogen-bond donors (Lipinski definition) is 3. The number of fused-ring (bicyclic) bond motifs is 1. The van der Waals surface area contributed by atoms with E-state index in [2.05, 4.69) is 20.5 Å². The molecule has 0 amide bonds. The number of hydrogen-bond acceptors (Lipinski definition) is 6. The Balaban J connectivity index is 2.20. The molecule has 0 spiro atoms. The number of carboxylic acids is 1. The number of nitrogens with two attached hydrogens (primary N) is 1. The van der Waals surface area contributed by atoms with Crippen molar-refractivity contribution in [3.63, 3.8) is 0 Å². The molecule has 0 unspecified atom stereocenters. The Morgan fingerprint density at radius 3 is 2.95 bits per heavy atom. The van der Waals surface area contributed by atoms with Crippen LogP contribution in [0.15, 0.2) is 36.8 Å². The van der Waals surface area contributed by atoms with E-state index in [1.165, 1.54) is 23.1 Å². The summed E-state index contributed by atoms with van der Waals surface area (Å²) < 4.78 is 1.53. The number of carbonyl (C=O) groups is 1. The Bertz CT molecular complexity index is 797. The first-order valence-corrected chi connectivity index (χ1v) is 5.70. The normalized spacial score (nSPS) is 10.7. The quantitative estimate of drug-likeness (QED) is 0.475. The fraction of sp³-hybridized carbons (Fsp3) is 0. The summed E-state index contributed by atoms with van der Waals surface area (Å²) in [5, 5.41) is 13.9. The minimum absolute atomic E-state index is 0.178. The van der Waals surface area contributed by atoms with Gasteiger partial charge in [0.2, 0.25) is 0 Å². The molecule has 8 nitrogen and oxygen atoms in total. The molecular weight excluding hydrogens is 260 g/mol. The molecule has 4 N–H and O–H groups in total. The van der Waals surface area contributed by atoms with E-state index in [4.69, 9.17) is 10.9 Å². The Morgan fingerprint density at radius 1 is 1.35 bits per heavy atom. The summed E-state index contributed by atoms with van der Waals surface area (Å²) in [4.78, 5) is 19.1. The van der Waals surface area contributed by atoms with Crippen molar-refractivity contribution in [2.45, 2.75) is 0 Å². The molecule has 0 aliphatic heterocycles. The van der Waals surface area contributed by atoms with E-state index in [9.17, 15) is 4.79 Å². The van der Waals surface area contributed by atoms with Gasteiger partial charge < -0.3 is 10.5 Å². The zero-order valence-corrected chi connectivity index (χ0v) is 10.2. The van der Waals surface area contributed by atoms with Gasteiger partial charge in [0.1, 0.15) is 6.33 Å². The van der Waals surface area contributed by atoms with E-state index < -0.39 is 5.97 Å². The molecule has 100 valence electrons. The summed E-state index contributed by atoms with van der Waals surface area (Å²) in [5.41, 5.74) is 3.78. The van der Waals surface area contributed by atoms with Gasteiger partial charge in [0.15, 0.2) is 11.5 Å². The van der Waals surface area contributed by atoms with E-state index >= 15 is 0 Å². The van der Waals surface area contributed by atoms with Gasteiger partial charge in [-0.25, -0.2) is 25.3 Å². The van der Waals surface area contributed by atoms with Crippen LogP contribution in [0, 0.1) is 0 Å². The van der Waals surface area contributed by atoms with Crippen molar-refractivity contribution in [2.24, 2.45) is 5.84 Å².